The third kappa shape index (κ3) is 5.16. The van der Waals surface area contributed by atoms with Gasteiger partial charge < -0.3 is 14.7 Å². The molecule has 230 valence electrons. The van der Waals surface area contributed by atoms with Crippen molar-refractivity contribution in [2.24, 2.45) is 5.92 Å². The molecule has 0 amide bonds. The number of anilines is 3. The number of rotatable bonds is 7. The lowest BCUT2D eigenvalue weighted by Crippen LogP contribution is -2.71. The topological polar surface area (TPSA) is 9.72 Å². The van der Waals surface area contributed by atoms with E-state index in [2.05, 4.69) is 163 Å². The first kappa shape index (κ1) is 32.7. The summed E-state index contributed by atoms with van der Waals surface area (Å²) in [6, 6.07) is 14.8. The standard InChI is InChI=1S/C39H55N3Si/c1-23-17-26(4)36(40(11)12)33(20-23)43(39-31(9)29(7)30(8)32(39)10,34-21-24(2)18-27(5)37(34)41(13)14)35-22-25(3)19-28(6)38(35)42(15)16/h17-22,31H,1-16H3. The molecule has 4 rings (SSSR count). The van der Waals surface area contributed by atoms with Crippen LogP contribution in [-0.2, 0) is 0 Å². The molecule has 0 saturated heterocycles. The second-order valence-electron chi connectivity index (χ2n) is 13.9. The van der Waals surface area contributed by atoms with E-state index in [-0.39, 0.29) is 0 Å². The van der Waals surface area contributed by atoms with Crippen LogP contribution in [0.2, 0.25) is 0 Å². The molecule has 0 aromatic heterocycles. The maximum absolute atomic E-state index is 3.00. The summed E-state index contributed by atoms with van der Waals surface area (Å²) in [4.78, 5) is 7.14. The van der Waals surface area contributed by atoms with E-state index in [1.54, 1.807) is 5.20 Å². The van der Waals surface area contributed by atoms with Crippen molar-refractivity contribution in [3.63, 3.8) is 0 Å². The molecule has 0 heterocycles. The number of benzene rings is 3. The van der Waals surface area contributed by atoms with Gasteiger partial charge in [-0.05, 0) is 106 Å². The van der Waals surface area contributed by atoms with E-state index in [4.69, 9.17) is 0 Å². The Morgan fingerprint density at radius 2 is 0.767 bits per heavy atom. The summed E-state index contributed by atoms with van der Waals surface area (Å²) in [5.74, 6) is 0.342. The number of hydrogen-bond donors (Lipinski definition) is 0. The molecule has 0 spiro atoms. The predicted octanol–water partition coefficient (Wildman–Crippen LogP) is 7.05. The van der Waals surface area contributed by atoms with Crippen LogP contribution < -0.4 is 30.3 Å². The van der Waals surface area contributed by atoms with E-state index in [1.165, 1.54) is 82.7 Å². The molecule has 0 bridgehead atoms. The summed E-state index contributed by atoms with van der Waals surface area (Å²) < 4.78 is 0. The van der Waals surface area contributed by atoms with Crippen LogP contribution in [0.15, 0.2) is 58.3 Å². The van der Waals surface area contributed by atoms with E-state index in [0.717, 1.165) is 0 Å². The fourth-order valence-electron chi connectivity index (χ4n) is 8.36. The van der Waals surface area contributed by atoms with Gasteiger partial charge in [-0.2, -0.15) is 0 Å². The number of nitrogens with zero attached hydrogens (tertiary/aromatic N) is 3. The Morgan fingerprint density at radius 1 is 0.465 bits per heavy atom. The van der Waals surface area contributed by atoms with E-state index in [9.17, 15) is 0 Å². The second kappa shape index (κ2) is 11.7. The van der Waals surface area contributed by atoms with Crippen LogP contribution in [0.1, 0.15) is 61.1 Å². The number of hydrogen-bond acceptors (Lipinski definition) is 3. The molecule has 3 nitrogen and oxygen atoms in total. The van der Waals surface area contributed by atoms with Gasteiger partial charge in [-0.15, -0.1) is 0 Å². The number of aryl methyl sites for hydroxylation is 6. The molecule has 1 unspecified atom stereocenters. The Labute approximate surface area is 263 Å². The third-order valence-corrected chi connectivity index (χ3v) is 15.1. The highest BCUT2D eigenvalue weighted by atomic mass is 28.3. The van der Waals surface area contributed by atoms with Crippen LogP contribution in [-0.4, -0.2) is 50.4 Å². The van der Waals surface area contributed by atoms with Crippen molar-refractivity contribution in [2.45, 2.75) is 69.2 Å². The van der Waals surface area contributed by atoms with Gasteiger partial charge in [0.05, 0.1) is 0 Å². The molecule has 0 radical (unpaired) electrons. The average Bonchev–Trinajstić information content (AvgIpc) is 3.05. The van der Waals surface area contributed by atoms with Gasteiger partial charge in [0, 0.05) is 59.3 Å². The van der Waals surface area contributed by atoms with Gasteiger partial charge in [0.25, 0.3) is 0 Å². The molecule has 0 aliphatic heterocycles. The van der Waals surface area contributed by atoms with Crippen LogP contribution >= 0.6 is 0 Å². The van der Waals surface area contributed by atoms with Crippen LogP contribution in [0.3, 0.4) is 0 Å². The minimum absolute atomic E-state index is 0.342. The zero-order chi connectivity index (χ0) is 32.3. The zero-order valence-corrected chi connectivity index (χ0v) is 30.9. The molecule has 1 aliphatic carbocycles. The van der Waals surface area contributed by atoms with Gasteiger partial charge in [0.15, 0.2) is 8.07 Å². The van der Waals surface area contributed by atoms with Crippen molar-refractivity contribution in [3.05, 3.63) is 91.7 Å². The molecule has 1 atom stereocenters. The Balaban J connectivity index is 2.54. The Bertz CT molecular complexity index is 1500. The van der Waals surface area contributed by atoms with Gasteiger partial charge in [0.1, 0.15) is 0 Å². The van der Waals surface area contributed by atoms with Crippen molar-refractivity contribution < 1.29 is 0 Å². The van der Waals surface area contributed by atoms with Crippen LogP contribution in [0.4, 0.5) is 17.1 Å². The van der Waals surface area contributed by atoms with Crippen molar-refractivity contribution in [1.82, 2.24) is 0 Å². The largest absolute Gasteiger partial charge is 0.378 e. The van der Waals surface area contributed by atoms with E-state index in [0.29, 0.717) is 5.92 Å². The Kier molecular flexibility index (Phi) is 8.88. The summed E-state index contributed by atoms with van der Waals surface area (Å²) in [5, 5.41) is 6.14. The molecular formula is C39H55N3Si. The molecule has 3 aromatic rings. The molecule has 43 heavy (non-hydrogen) atoms. The summed E-state index contributed by atoms with van der Waals surface area (Å²) >= 11 is 0. The highest BCUT2D eigenvalue weighted by Crippen LogP contribution is 2.44. The van der Waals surface area contributed by atoms with Crippen molar-refractivity contribution in [1.29, 1.82) is 0 Å². The molecule has 0 fully saturated rings. The molecule has 1 aliphatic rings. The molecular weight excluding hydrogens is 539 g/mol. The average molecular weight is 594 g/mol. The first-order chi connectivity index (χ1) is 20.0. The first-order valence-corrected chi connectivity index (χ1v) is 17.7. The van der Waals surface area contributed by atoms with E-state index in [1.807, 2.05) is 0 Å². The van der Waals surface area contributed by atoms with E-state index >= 15 is 0 Å². The monoisotopic (exact) mass is 593 g/mol. The fourth-order valence-corrected chi connectivity index (χ4v) is 15.4. The number of allylic oxidation sites excluding steroid dienone is 4. The van der Waals surface area contributed by atoms with Gasteiger partial charge in [-0.1, -0.05) is 76.4 Å². The molecule has 0 saturated carbocycles. The summed E-state index contributed by atoms with van der Waals surface area (Å²) in [6.45, 7) is 23.4. The van der Waals surface area contributed by atoms with Crippen LogP contribution in [0.5, 0.6) is 0 Å². The van der Waals surface area contributed by atoms with Gasteiger partial charge in [0.2, 0.25) is 0 Å². The van der Waals surface area contributed by atoms with Crippen molar-refractivity contribution >= 4 is 40.7 Å². The minimum atomic E-state index is -3.00. The lowest BCUT2D eigenvalue weighted by molar-refractivity contribution is 0.851. The lowest BCUT2D eigenvalue weighted by atomic mass is 10.1. The molecule has 4 heteroatoms. The maximum Gasteiger partial charge on any atom is 0.183 e. The Hall–Kier alpha value is -3.24. The molecule has 0 N–H and O–H groups in total. The minimum Gasteiger partial charge on any atom is -0.378 e. The summed E-state index contributed by atoms with van der Waals surface area (Å²) in [6.07, 6.45) is 0. The van der Waals surface area contributed by atoms with Crippen molar-refractivity contribution in [2.75, 3.05) is 57.0 Å². The van der Waals surface area contributed by atoms with E-state index < -0.39 is 8.07 Å². The third-order valence-electron chi connectivity index (χ3n) is 9.93. The Morgan fingerprint density at radius 3 is 1.00 bits per heavy atom. The fraction of sp³-hybridized carbons (Fsp3) is 0.436. The maximum atomic E-state index is 2.55. The highest BCUT2D eigenvalue weighted by molar-refractivity contribution is 7.18. The first-order valence-electron chi connectivity index (χ1n) is 15.7. The SMILES string of the molecule is CC1=C(C)C(C)C([Si](c2cc(C)cc(C)c2N(C)C)(c2cc(C)cc(C)c2N(C)C)c2cc(C)cc(C)c2N(C)C)=C1C. The molecule has 3 aromatic carbocycles. The summed E-state index contributed by atoms with van der Waals surface area (Å²) in [7, 11) is 10.4. The quantitative estimate of drug-likeness (QED) is 0.215. The van der Waals surface area contributed by atoms with Gasteiger partial charge in [-0.3, -0.25) is 0 Å². The van der Waals surface area contributed by atoms with Gasteiger partial charge >= 0.3 is 0 Å². The highest BCUT2D eigenvalue weighted by Gasteiger charge is 2.52. The van der Waals surface area contributed by atoms with Gasteiger partial charge in [-0.25, -0.2) is 0 Å². The normalized spacial score (nSPS) is 15.5. The summed E-state index contributed by atoms with van der Waals surface area (Å²) in [5.41, 5.74) is 16.5. The van der Waals surface area contributed by atoms with Crippen LogP contribution in [0.25, 0.3) is 0 Å². The lowest BCUT2D eigenvalue weighted by Gasteiger charge is -2.45. The zero-order valence-electron chi connectivity index (χ0n) is 29.9. The van der Waals surface area contributed by atoms with Crippen LogP contribution in [0, 0.1) is 47.5 Å². The smallest absolute Gasteiger partial charge is 0.183 e. The second-order valence-corrected chi connectivity index (χ2v) is 17.6. The van der Waals surface area contributed by atoms with Crippen molar-refractivity contribution in [3.8, 4) is 0 Å². The predicted molar refractivity (Wildman–Crippen MR) is 196 cm³/mol.